The van der Waals surface area contributed by atoms with E-state index < -0.39 is 0 Å². The first kappa shape index (κ1) is 14.8. The molecule has 0 spiro atoms. The van der Waals surface area contributed by atoms with Gasteiger partial charge in [-0.1, -0.05) is 48.1 Å². The second-order valence-corrected chi connectivity index (χ2v) is 5.12. The van der Waals surface area contributed by atoms with Gasteiger partial charge in [0, 0.05) is 5.56 Å². The third kappa shape index (κ3) is 3.70. The van der Waals surface area contributed by atoms with Gasteiger partial charge in [-0.2, -0.15) is 0 Å². The zero-order chi connectivity index (χ0) is 14.5. The Labute approximate surface area is 127 Å². The van der Waals surface area contributed by atoms with Crippen molar-refractivity contribution in [1.82, 2.24) is 0 Å². The fourth-order valence-corrected chi connectivity index (χ4v) is 2.04. The van der Waals surface area contributed by atoms with Gasteiger partial charge in [0.1, 0.15) is 17.3 Å². The van der Waals surface area contributed by atoms with Crippen LogP contribution in [0, 0.1) is 0 Å². The summed E-state index contributed by atoms with van der Waals surface area (Å²) in [5.74, 6) is 0.581. The summed E-state index contributed by atoms with van der Waals surface area (Å²) < 4.78 is 5.65. The van der Waals surface area contributed by atoms with Crippen molar-refractivity contribution in [3.05, 3.63) is 64.2 Å². The van der Waals surface area contributed by atoms with Crippen LogP contribution in [0.3, 0.4) is 0 Å². The predicted octanol–water partition coefficient (Wildman–Crippen LogP) is 3.05. The molecule has 0 unspecified atom stereocenters. The number of nitrogens with two attached hydrogens (primary N) is 1. The molecule has 0 saturated heterocycles. The molecule has 0 bridgehead atoms. The minimum absolute atomic E-state index is 0.0351. The highest BCUT2D eigenvalue weighted by Crippen LogP contribution is 2.26. The van der Waals surface area contributed by atoms with E-state index in [4.69, 9.17) is 39.4 Å². The van der Waals surface area contributed by atoms with E-state index in [1.807, 2.05) is 24.3 Å². The highest BCUT2D eigenvalue weighted by atomic mass is 35.5. The molecule has 2 aromatic rings. The molecule has 0 radical (unpaired) electrons. The van der Waals surface area contributed by atoms with E-state index in [2.05, 4.69) is 0 Å². The highest BCUT2D eigenvalue weighted by Gasteiger charge is 2.05. The van der Waals surface area contributed by atoms with Gasteiger partial charge in [0.15, 0.2) is 0 Å². The van der Waals surface area contributed by atoms with Crippen molar-refractivity contribution in [3.8, 4) is 5.75 Å². The van der Waals surface area contributed by atoms with Crippen molar-refractivity contribution in [1.29, 1.82) is 0 Å². The summed E-state index contributed by atoms with van der Waals surface area (Å²) in [6.07, 6.45) is 0. The van der Waals surface area contributed by atoms with Gasteiger partial charge in [-0.25, -0.2) is 0 Å². The summed E-state index contributed by atoms with van der Waals surface area (Å²) in [4.78, 5) is 0.304. The zero-order valence-corrected chi connectivity index (χ0v) is 12.2. The lowest BCUT2D eigenvalue weighted by Gasteiger charge is -2.09. The highest BCUT2D eigenvalue weighted by molar-refractivity contribution is 7.80. The summed E-state index contributed by atoms with van der Waals surface area (Å²) in [6, 6.07) is 12.7. The van der Waals surface area contributed by atoms with Crippen LogP contribution in [-0.4, -0.2) is 10.1 Å². The Hall–Kier alpha value is -1.62. The van der Waals surface area contributed by atoms with Gasteiger partial charge in [-0.15, -0.1) is 0 Å². The van der Waals surface area contributed by atoms with Crippen LogP contribution in [0.4, 0.5) is 0 Å². The summed E-state index contributed by atoms with van der Waals surface area (Å²) in [7, 11) is 0. The lowest BCUT2D eigenvalue weighted by molar-refractivity contribution is 0.281. The van der Waals surface area contributed by atoms with Crippen molar-refractivity contribution in [3.63, 3.8) is 0 Å². The van der Waals surface area contributed by atoms with Crippen molar-refractivity contribution in [2.75, 3.05) is 0 Å². The molecule has 2 rings (SSSR count). The van der Waals surface area contributed by atoms with E-state index in [0.717, 1.165) is 11.1 Å². The average Bonchev–Trinajstić information content (AvgIpc) is 2.46. The van der Waals surface area contributed by atoms with E-state index in [0.29, 0.717) is 27.9 Å². The Morgan fingerprint density at radius 2 is 1.80 bits per heavy atom. The zero-order valence-electron chi connectivity index (χ0n) is 10.7. The molecule has 20 heavy (non-hydrogen) atoms. The Kier molecular flexibility index (Phi) is 4.95. The maximum Gasteiger partial charge on any atom is 0.138 e. The number of benzene rings is 2. The van der Waals surface area contributed by atoms with E-state index in [-0.39, 0.29) is 6.61 Å². The smallest absolute Gasteiger partial charge is 0.138 e. The summed E-state index contributed by atoms with van der Waals surface area (Å²) >= 11 is 11.0. The maximum atomic E-state index is 8.97. The van der Waals surface area contributed by atoms with Crippen LogP contribution in [0.5, 0.6) is 5.75 Å². The number of aliphatic hydroxyl groups is 1. The molecule has 0 aliphatic carbocycles. The first-order valence-corrected chi connectivity index (χ1v) is 6.79. The van der Waals surface area contributed by atoms with Gasteiger partial charge in [0.25, 0.3) is 0 Å². The molecule has 0 saturated carbocycles. The van der Waals surface area contributed by atoms with Crippen molar-refractivity contribution < 1.29 is 9.84 Å². The van der Waals surface area contributed by atoms with Crippen LogP contribution < -0.4 is 10.5 Å². The Morgan fingerprint density at radius 1 is 1.15 bits per heavy atom. The minimum Gasteiger partial charge on any atom is -0.487 e. The number of hydrogen-bond acceptors (Lipinski definition) is 3. The molecule has 0 aromatic heterocycles. The molecule has 0 heterocycles. The molecule has 104 valence electrons. The monoisotopic (exact) mass is 307 g/mol. The first-order valence-electron chi connectivity index (χ1n) is 6.01. The van der Waals surface area contributed by atoms with Crippen LogP contribution in [-0.2, 0) is 13.2 Å². The standard InChI is InChI=1S/C15H14ClNO2S/c16-13-7-12(15(17)20)5-6-14(13)19-9-11-3-1-10(8-18)2-4-11/h1-7,18H,8-9H2,(H2,17,20). The molecular formula is C15H14ClNO2S. The predicted molar refractivity (Wildman–Crippen MR) is 84.0 cm³/mol. The molecule has 0 aliphatic heterocycles. The van der Waals surface area contributed by atoms with Crippen LogP contribution in [0.15, 0.2) is 42.5 Å². The molecule has 2 aromatic carbocycles. The Balaban J connectivity index is 2.04. The number of halogens is 1. The Bertz CT molecular complexity index is 614. The minimum atomic E-state index is 0.0351. The topological polar surface area (TPSA) is 55.5 Å². The maximum absolute atomic E-state index is 8.97. The normalized spacial score (nSPS) is 10.3. The van der Waals surface area contributed by atoms with Gasteiger partial charge in [0.05, 0.1) is 11.6 Å². The molecule has 0 atom stereocenters. The summed E-state index contributed by atoms with van der Waals surface area (Å²) in [5, 5.41) is 9.45. The average molecular weight is 308 g/mol. The van der Waals surface area contributed by atoms with Gasteiger partial charge in [0.2, 0.25) is 0 Å². The number of aliphatic hydroxyl groups excluding tert-OH is 1. The summed E-state index contributed by atoms with van der Waals surface area (Å²) in [5.41, 5.74) is 8.11. The van der Waals surface area contributed by atoms with E-state index >= 15 is 0 Å². The van der Waals surface area contributed by atoms with Crippen molar-refractivity contribution in [2.24, 2.45) is 5.73 Å². The van der Waals surface area contributed by atoms with Crippen molar-refractivity contribution >= 4 is 28.8 Å². The second-order valence-electron chi connectivity index (χ2n) is 4.27. The molecule has 5 heteroatoms. The second kappa shape index (κ2) is 6.70. The van der Waals surface area contributed by atoms with Gasteiger partial charge in [-0.3, -0.25) is 0 Å². The first-order chi connectivity index (χ1) is 9.60. The molecule has 0 fully saturated rings. The fourth-order valence-electron chi connectivity index (χ4n) is 1.67. The summed E-state index contributed by atoms with van der Waals surface area (Å²) in [6.45, 7) is 0.436. The quantitative estimate of drug-likeness (QED) is 0.834. The van der Waals surface area contributed by atoms with E-state index in [1.165, 1.54) is 0 Å². The van der Waals surface area contributed by atoms with Gasteiger partial charge in [-0.05, 0) is 29.3 Å². The number of rotatable bonds is 5. The van der Waals surface area contributed by atoms with Crippen LogP contribution in [0.2, 0.25) is 5.02 Å². The molecule has 0 aliphatic rings. The lowest BCUT2D eigenvalue weighted by atomic mass is 10.1. The third-order valence-corrected chi connectivity index (χ3v) is 3.35. The number of thiocarbonyl (C=S) groups is 1. The number of ether oxygens (including phenoxy) is 1. The number of hydrogen-bond donors (Lipinski definition) is 2. The van der Waals surface area contributed by atoms with Crippen molar-refractivity contribution in [2.45, 2.75) is 13.2 Å². The molecule has 3 N–H and O–H groups in total. The molecular weight excluding hydrogens is 294 g/mol. The largest absolute Gasteiger partial charge is 0.487 e. The van der Waals surface area contributed by atoms with E-state index in [1.54, 1.807) is 18.2 Å². The van der Waals surface area contributed by atoms with Crippen LogP contribution in [0.1, 0.15) is 16.7 Å². The van der Waals surface area contributed by atoms with Crippen LogP contribution in [0.25, 0.3) is 0 Å². The third-order valence-electron chi connectivity index (χ3n) is 2.82. The molecule has 0 amide bonds. The molecule has 3 nitrogen and oxygen atoms in total. The van der Waals surface area contributed by atoms with Gasteiger partial charge < -0.3 is 15.6 Å². The van der Waals surface area contributed by atoms with Gasteiger partial charge >= 0.3 is 0 Å². The fraction of sp³-hybridized carbons (Fsp3) is 0.133. The lowest BCUT2D eigenvalue weighted by Crippen LogP contribution is -2.09. The van der Waals surface area contributed by atoms with Crippen LogP contribution >= 0.6 is 23.8 Å². The Morgan fingerprint density at radius 3 is 2.35 bits per heavy atom. The SMILES string of the molecule is NC(=S)c1ccc(OCc2ccc(CO)cc2)c(Cl)c1. The van der Waals surface area contributed by atoms with E-state index in [9.17, 15) is 0 Å².